The first kappa shape index (κ1) is 15.9. The number of anilines is 1. The molecule has 0 saturated carbocycles. The zero-order chi connectivity index (χ0) is 16.4. The lowest BCUT2D eigenvalue weighted by molar-refractivity contribution is 0.0593. The molecule has 2 N–H and O–H groups in total. The van der Waals surface area contributed by atoms with E-state index in [2.05, 4.69) is 15.9 Å². The van der Waals surface area contributed by atoms with Crippen LogP contribution in [0.5, 0.6) is 0 Å². The number of halogens is 2. The molecule has 0 unspecified atom stereocenters. The zero-order valence-electron chi connectivity index (χ0n) is 11.2. The van der Waals surface area contributed by atoms with Crippen LogP contribution in [-0.4, -0.2) is 17.6 Å². The van der Waals surface area contributed by atoms with Crippen molar-refractivity contribution in [1.82, 2.24) is 4.57 Å². The Morgan fingerprint density at radius 1 is 1.36 bits per heavy atom. The summed E-state index contributed by atoms with van der Waals surface area (Å²) >= 11 is 9.28. The molecule has 1 heterocycles. The monoisotopic (exact) mass is 378 g/mol. The summed E-state index contributed by atoms with van der Waals surface area (Å²) in [6.45, 7) is 0. The van der Waals surface area contributed by atoms with E-state index >= 15 is 0 Å². The van der Waals surface area contributed by atoms with Crippen LogP contribution < -0.4 is 5.73 Å². The van der Waals surface area contributed by atoms with Crippen LogP contribution in [0.3, 0.4) is 0 Å². The molecule has 22 heavy (non-hydrogen) atoms. The van der Waals surface area contributed by atoms with E-state index in [1.54, 1.807) is 0 Å². The van der Waals surface area contributed by atoms with Crippen LogP contribution >= 0.6 is 27.5 Å². The number of benzene rings is 1. The molecule has 0 atom stereocenters. The predicted molar refractivity (Wildman–Crippen MR) is 83.7 cm³/mol. The summed E-state index contributed by atoms with van der Waals surface area (Å²) < 4.78 is 6.56. The lowest BCUT2D eigenvalue weighted by Gasteiger charge is -2.11. The molecule has 2 aromatic rings. The molecular weight excluding hydrogens is 372 g/mol. The summed E-state index contributed by atoms with van der Waals surface area (Å²) in [5.74, 6) is -0.720. The quantitative estimate of drug-likeness (QED) is 0.808. The van der Waals surface area contributed by atoms with E-state index in [9.17, 15) is 10.1 Å². The third-order valence-electron chi connectivity index (χ3n) is 2.96. The van der Waals surface area contributed by atoms with Crippen molar-refractivity contribution < 1.29 is 9.53 Å². The first-order valence-electron chi connectivity index (χ1n) is 5.83. The molecule has 0 bridgehead atoms. The van der Waals surface area contributed by atoms with Crippen molar-refractivity contribution in [3.63, 3.8) is 0 Å². The molecule has 0 aliphatic heterocycles. The zero-order valence-corrected chi connectivity index (χ0v) is 13.6. The van der Waals surface area contributed by atoms with E-state index in [1.807, 2.05) is 12.1 Å². The minimum atomic E-state index is -0.720. The van der Waals surface area contributed by atoms with Crippen molar-refractivity contribution >= 4 is 39.2 Å². The summed E-state index contributed by atoms with van der Waals surface area (Å²) in [7, 11) is 1.20. The second-order valence-corrected chi connectivity index (χ2v) is 5.44. The van der Waals surface area contributed by atoms with E-state index in [0.717, 1.165) is 0 Å². The number of nitrogens with two attached hydrogens (primary N) is 1. The molecule has 0 radical (unpaired) electrons. The fourth-order valence-corrected chi connectivity index (χ4v) is 2.43. The molecule has 0 fully saturated rings. The maximum Gasteiger partial charge on any atom is 0.357 e. The van der Waals surface area contributed by atoms with Crippen molar-refractivity contribution in [2.24, 2.45) is 0 Å². The highest BCUT2D eigenvalue weighted by molar-refractivity contribution is 9.10. The third kappa shape index (κ3) is 2.52. The van der Waals surface area contributed by atoms with Gasteiger partial charge in [0.25, 0.3) is 0 Å². The molecular formula is C14H8BrClN4O2. The molecule has 110 valence electrons. The maximum atomic E-state index is 12.0. The molecule has 2 rings (SSSR count). The number of methoxy groups -OCH3 is 1. The molecule has 8 heteroatoms. The average molecular weight is 380 g/mol. The van der Waals surface area contributed by atoms with Crippen molar-refractivity contribution in [3.05, 3.63) is 44.6 Å². The minimum Gasteiger partial charge on any atom is -0.464 e. The summed E-state index contributed by atoms with van der Waals surface area (Å²) in [4.78, 5) is 12.0. The topological polar surface area (TPSA) is 105 Å². The Morgan fingerprint density at radius 2 is 2.00 bits per heavy atom. The Bertz CT molecular complexity index is 861. The summed E-state index contributed by atoms with van der Waals surface area (Å²) in [6, 6.07) is 6.91. The van der Waals surface area contributed by atoms with Gasteiger partial charge in [-0.2, -0.15) is 10.5 Å². The lowest BCUT2D eigenvalue weighted by Crippen LogP contribution is -2.12. The highest BCUT2D eigenvalue weighted by Gasteiger charge is 2.23. The number of esters is 1. The predicted octanol–water partition coefficient (Wildman–Crippen LogP) is 3.01. The number of nitriles is 2. The summed E-state index contributed by atoms with van der Waals surface area (Å²) in [6.07, 6.45) is 1.36. The van der Waals surface area contributed by atoms with Crippen LogP contribution in [0.15, 0.2) is 22.8 Å². The normalized spacial score (nSPS) is 9.86. The number of rotatable bonds is 2. The number of aromatic nitrogens is 1. The number of carbonyl (C=O) groups is 1. The molecule has 6 nitrogen and oxygen atoms in total. The van der Waals surface area contributed by atoms with Gasteiger partial charge in [-0.25, -0.2) is 4.79 Å². The van der Waals surface area contributed by atoms with Gasteiger partial charge in [-0.15, -0.1) is 0 Å². The van der Waals surface area contributed by atoms with Crippen molar-refractivity contribution in [3.8, 4) is 17.8 Å². The van der Waals surface area contributed by atoms with Crippen LogP contribution in [0.25, 0.3) is 5.69 Å². The Balaban J connectivity index is 2.84. The number of nitrogen functional groups attached to an aromatic ring is 1. The number of carbonyl (C=O) groups excluding carboxylic acids is 1. The molecule has 0 aliphatic carbocycles. The highest BCUT2D eigenvalue weighted by atomic mass is 79.9. The Hall–Kier alpha value is -2.48. The van der Waals surface area contributed by atoms with Gasteiger partial charge in [-0.1, -0.05) is 11.6 Å². The fourth-order valence-electron chi connectivity index (χ4n) is 1.93. The van der Waals surface area contributed by atoms with Crippen LogP contribution in [-0.2, 0) is 4.74 Å². The molecule has 0 aliphatic rings. The van der Waals surface area contributed by atoms with Crippen LogP contribution in [0.2, 0.25) is 5.02 Å². The van der Waals surface area contributed by atoms with Gasteiger partial charge in [-0.05, 0) is 28.1 Å². The number of hydrogen-bond acceptors (Lipinski definition) is 5. The van der Waals surface area contributed by atoms with Gasteiger partial charge in [0, 0.05) is 10.7 Å². The molecule has 0 spiro atoms. The van der Waals surface area contributed by atoms with E-state index < -0.39 is 5.97 Å². The number of ether oxygens (including phenoxy) is 1. The van der Waals surface area contributed by atoms with Gasteiger partial charge in [0.05, 0.1) is 34.6 Å². The fraction of sp³-hybridized carbons (Fsp3) is 0.0714. The van der Waals surface area contributed by atoms with Gasteiger partial charge >= 0.3 is 5.97 Å². The summed E-state index contributed by atoms with van der Waals surface area (Å²) in [5.41, 5.74) is 6.44. The van der Waals surface area contributed by atoms with Gasteiger partial charge in [-0.3, -0.25) is 0 Å². The molecule has 0 amide bonds. The lowest BCUT2D eigenvalue weighted by atomic mass is 10.2. The summed E-state index contributed by atoms with van der Waals surface area (Å²) in [5, 5.41) is 18.7. The van der Waals surface area contributed by atoms with Gasteiger partial charge in [0.2, 0.25) is 0 Å². The smallest absolute Gasteiger partial charge is 0.357 e. The number of hydrogen-bond donors (Lipinski definition) is 1. The van der Waals surface area contributed by atoms with Gasteiger partial charge in [0.1, 0.15) is 12.1 Å². The average Bonchev–Trinajstić information content (AvgIpc) is 2.85. The van der Waals surface area contributed by atoms with E-state index in [1.165, 1.54) is 30.0 Å². The van der Waals surface area contributed by atoms with Crippen LogP contribution in [0, 0.1) is 22.7 Å². The van der Waals surface area contributed by atoms with Crippen molar-refractivity contribution in [1.29, 1.82) is 10.5 Å². The van der Waals surface area contributed by atoms with Crippen LogP contribution in [0.4, 0.5) is 5.69 Å². The molecule has 1 aromatic heterocycles. The second-order valence-electron chi connectivity index (χ2n) is 4.17. The van der Waals surface area contributed by atoms with E-state index in [-0.39, 0.29) is 22.5 Å². The third-order valence-corrected chi connectivity index (χ3v) is 4.16. The standard InChI is InChI=1S/C14H8BrClN4O2/c1-22-14(21)13-12(19)8(5-18)6-20(13)11-3-10(16)9(15)2-7(11)4-17/h2-3,6H,19H2,1H3. The molecule has 0 saturated heterocycles. The largest absolute Gasteiger partial charge is 0.464 e. The first-order chi connectivity index (χ1) is 10.4. The van der Waals surface area contributed by atoms with E-state index in [4.69, 9.17) is 27.3 Å². The second kappa shape index (κ2) is 6.10. The minimum absolute atomic E-state index is 0.0164. The maximum absolute atomic E-state index is 12.0. The SMILES string of the molecule is COC(=O)c1c(N)c(C#N)cn1-c1cc(Cl)c(Br)cc1C#N. The van der Waals surface area contributed by atoms with Crippen LogP contribution in [0.1, 0.15) is 21.6 Å². The highest BCUT2D eigenvalue weighted by Crippen LogP contribution is 2.31. The molecule has 1 aromatic carbocycles. The van der Waals surface area contributed by atoms with Gasteiger partial charge < -0.3 is 15.0 Å². The first-order valence-corrected chi connectivity index (χ1v) is 7.00. The van der Waals surface area contributed by atoms with Crippen molar-refractivity contribution in [2.45, 2.75) is 0 Å². The Labute approximate surface area is 139 Å². The Kier molecular flexibility index (Phi) is 4.41. The van der Waals surface area contributed by atoms with Gasteiger partial charge in [0.15, 0.2) is 5.69 Å². The van der Waals surface area contributed by atoms with Crippen molar-refractivity contribution in [2.75, 3.05) is 12.8 Å². The number of nitrogens with zero attached hydrogens (tertiary/aromatic N) is 3. The Morgan fingerprint density at radius 3 is 2.55 bits per heavy atom. The van der Waals surface area contributed by atoms with E-state index in [0.29, 0.717) is 15.2 Å².